The zero-order valence-corrected chi connectivity index (χ0v) is 20.7. The van der Waals surface area contributed by atoms with E-state index in [0.29, 0.717) is 19.1 Å². The number of nitrogens with zero attached hydrogens (tertiary/aromatic N) is 3. The Morgan fingerprint density at radius 1 is 0.829 bits per heavy atom. The summed E-state index contributed by atoms with van der Waals surface area (Å²) in [6.07, 6.45) is 7.87. The molecule has 186 valence electrons. The van der Waals surface area contributed by atoms with Gasteiger partial charge in [-0.3, -0.25) is 9.69 Å². The molecule has 2 aromatic rings. The van der Waals surface area contributed by atoms with Crippen molar-refractivity contribution in [2.24, 2.45) is 5.92 Å². The normalized spacial score (nSPS) is 23.1. The van der Waals surface area contributed by atoms with Gasteiger partial charge in [-0.25, -0.2) is 0 Å². The molecule has 6 nitrogen and oxygen atoms in total. The van der Waals surface area contributed by atoms with Gasteiger partial charge in [-0.05, 0) is 49.4 Å². The molecule has 1 aliphatic carbocycles. The molecule has 0 radical (unpaired) electrons. The Morgan fingerprint density at radius 3 is 2.46 bits per heavy atom. The van der Waals surface area contributed by atoms with Crippen molar-refractivity contribution in [1.29, 1.82) is 0 Å². The number of hydrogen-bond donors (Lipinski definition) is 0. The standard InChI is InChI=1S/C29H37N3O3/c33-29(23-8-2-1-3-9-23)32-24(14-13-22-7-4-5-10-25(22)32)21-30-15-17-31(18-16-30)26-11-6-12-27-28(26)35-20-19-34-27/h4-7,10-12,23-24H,1-3,8-9,13-21H2. The number of hydrogen-bond acceptors (Lipinski definition) is 5. The van der Waals surface area contributed by atoms with E-state index < -0.39 is 0 Å². The largest absolute Gasteiger partial charge is 0.486 e. The lowest BCUT2D eigenvalue weighted by Crippen LogP contribution is -2.55. The predicted molar refractivity (Wildman–Crippen MR) is 139 cm³/mol. The van der Waals surface area contributed by atoms with Gasteiger partial charge in [0.05, 0.1) is 5.69 Å². The van der Waals surface area contributed by atoms with Crippen molar-refractivity contribution in [3.8, 4) is 11.5 Å². The highest BCUT2D eigenvalue weighted by Gasteiger charge is 2.36. The minimum Gasteiger partial charge on any atom is -0.486 e. The second-order valence-electron chi connectivity index (χ2n) is 10.5. The van der Waals surface area contributed by atoms with Crippen LogP contribution < -0.4 is 19.3 Å². The van der Waals surface area contributed by atoms with E-state index in [0.717, 1.165) is 81.3 Å². The molecule has 3 heterocycles. The minimum absolute atomic E-state index is 0.195. The summed E-state index contributed by atoms with van der Waals surface area (Å²) in [6, 6.07) is 15.0. The van der Waals surface area contributed by atoms with Crippen LogP contribution in [0.25, 0.3) is 0 Å². The molecule has 4 aliphatic rings. The summed E-state index contributed by atoms with van der Waals surface area (Å²) in [7, 11) is 0. The third kappa shape index (κ3) is 4.61. The van der Waals surface area contributed by atoms with Crippen LogP contribution >= 0.6 is 0 Å². The van der Waals surface area contributed by atoms with Crippen LogP contribution in [0.5, 0.6) is 11.5 Å². The van der Waals surface area contributed by atoms with Gasteiger partial charge in [0.15, 0.2) is 11.5 Å². The number of carbonyl (C=O) groups excluding carboxylic acids is 1. The van der Waals surface area contributed by atoms with Gasteiger partial charge in [0.2, 0.25) is 5.91 Å². The van der Waals surface area contributed by atoms with Gasteiger partial charge in [-0.15, -0.1) is 0 Å². The van der Waals surface area contributed by atoms with Crippen molar-refractivity contribution in [2.45, 2.75) is 51.0 Å². The highest BCUT2D eigenvalue weighted by atomic mass is 16.6. The van der Waals surface area contributed by atoms with Crippen LogP contribution in [-0.2, 0) is 11.2 Å². The highest BCUT2D eigenvalue weighted by molar-refractivity contribution is 5.97. The molecule has 0 N–H and O–H groups in total. The summed E-state index contributed by atoms with van der Waals surface area (Å²) >= 11 is 0. The van der Waals surface area contributed by atoms with Crippen molar-refractivity contribution in [3.63, 3.8) is 0 Å². The fourth-order valence-corrected chi connectivity index (χ4v) is 6.40. The van der Waals surface area contributed by atoms with Crippen LogP contribution in [0.2, 0.25) is 0 Å². The van der Waals surface area contributed by atoms with E-state index in [1.807, 2.05) is 6.07 Å². The van der Waals surface area contributed by atoms with Gasteiger partial charge >= 0.3 is 0 Å². The first-order valence-corrected chi connectivity index (χ1v) is 13.5. The number of anilines is 2. The monoisotopic (exact) mass is 475 g/mol. The zero-order valence-electron chi connectivity index (χ0n) is 20.7. The number of para-hydroxylation sites is 2. The number of carbonyl (C=O) groups is 1. The predicted octanol–water partition coefficient (Wildman–Crippen LogP) is 4.51. The number of piperazine rings is 1. The fourth-order valence-electron chi connectivity index (χ4n) is 6.40. The quantitative estimate of drug-likeness (QED) is 0.651. The zero-order chi connectivity index (χ0) is 23.6. The average Bonchev–Trinajstić information content (AvgIpc) is 2.93. The molecule has 1 unspecified atom stereocenters. The number of amides is 1. The number of rotatable bonds is 4. The van der Waals surface area contributed by atoms with Gasteiger partial charge in [-0.1, -0.05) is 43.5 Å². The Balaban J connectivity index is 1.15. The van der Waals surface area contributed by atoms with Crippen LogP contribution in [0.15, 0.2) is 42.5 Å². The number of benzene rings is 2. The molecule has 1 saturated heterocycles. The first-order valence-electron chi connectivity index (χ1n) is 13.5. The Labute approximate surface area is 208 Å². The SMILES string of the molecule is O=C(C1CCCCC1)N1c2ccccc2CCC1CN1CCN(c2cccc3c2OCCO3)CC1. The Morgan fingerprint density at radius 2 is 1.60 bits per heavy atom. The van der Waals surface area contributed by atoms with E-state index in [2.05, 4.69) is 51.1 Å². The molecule has 1 saturated carbocycles. The third-order valence-electron chi connectivity index (χ3n) is 8.28. The molecular formula is C29H37N3O3. The van der Waals surface area contributed by atoms with E-state index >= 15 is 0 Å². The molecule has 0 bridgehead atoms. The van der Waals surface area contributed by atoms with Crippen molar-refractivity contribution >= 4 is 17.3 Å². The molecular weight excluding hydrogens is 438 g/mol. The van der Waals surface area contributed by atoms with Crippen molar-refractivity contribution in [1.82, 2.24) is 4.90 Å². The summed E-state index contributed by atoms with van der Waals surface area (Å²) in [5.41, 5.74) is 3.63. The van der Waals surface area contributed by atoms with E-state index in [-0.39, 0.29) is 12.0 Å². The molecule has 0 aromatic heterocycles. The van der Waals surface area contributed by atoms with Crippen LogP contribution in [0.4, 0.5) is 11.4 Å². The van der Waals surface area contributed by atoms with Crippen molar-refractivity contribution in [2.75, 3.05) is 55.7 Å². The lowest BCUT2D eigenvalue weighted by molar-refractivity contribution is -0.124. The molecule has 1 atom stereocenters. The molecule has 6 heteroatoms. The molecule has 3 aliphatic heterocycles. The fraction of sp³-hybridized carbons (Fsp3) is 0.552. The van der Waals surface area contributed by atoms with E-state index in [9.17, 15) is 4.79 Å². The van der Waals surface area contributed by atoms with Gasteiger partial charge < -0.3 is 19.3 Å². The molecule has 6 rings (SSSR count). The maximum absolute atomic E-state index is 13.8. The second kappa shape index (κ2) is 10.1. The van der Waals surface area contributed by atoms with Crippen LogP contribution in [0.1, 0.15) is 44.1 Å². The van der Waals surface area contributed by atoms with E-state index in [1.165, 1.54) is 24.8 Å². The summed E-state index contributed by atoms with van der Waals surface area (Å²) in [6.45, 7) is 6.08. The van der Waals surface area contributed by atoms with Gasteiger partial charge in [0.25, 0.3) is 0 Å². The Hall–Kier alpha value is -2.73. The number of fused-ring (bicyclic) bond motifs is 2. The maximum atomic E-state index is 13.8. The van der Waals surface area contributed by atoms with Crippen molar-refractivity contribution < 1.29 is 14.3 Å². The smallest absolute Gasteiger partial charge is 0.230 e. The summed E-state index contributed by atoms with van der Waals surface area (Å²) in [4.78, 5) is 21.0. The van der Waals surface area contributed by atoms with Gasteiger partial charge in [0, 0.05) is 50.4 Å². The summed E-state index contributed by atoms with van der Waals surface area (Å²) in [5, 5.41) is 0. The third-order valence-corrected chi connectivity index (χ3v) is 8.28. The second-order valence-corrected chi connectivity index (χ2v) is 10.5. The summed E-state index contributed by atoms with van der Waals surface area (Å²) in [5.74, 6) is 2.31. The van der Waals surface area contributed by atoms with Crippen LogP contribution in [0.3, 0.4) is 0 Å². The van der Waals surface area contributed by atoms with Crippen LogP contribution in [0, 0.1) is 5.92 Å². The molecule has 0 spiro atoms. The van der Waals surface area contributed by atoms with Gasteiger partial charge in [0.1, 0.15) is 13.2 Å². The lowest BCUT2D eigenvalue weighted by atomic mass is 9.86. The lowest BCUT2D eigenvalue weighted by Gasteiger charge is -2.44. The highest BCUT2D eigenvalue weighted by Crippen LogP contribution is 2.40. The Bertz CT molecular complexity index is 1040. The molecule has 1 amide bonds. The maximum Gasteiger partial charge on any atom is 0.230 e. The van der Waals surface area contributed by atoms with Crippen LogP contribution in [-0.4, -0.2) is 62.8 Å². The molecule has 35 heavy (non-hydrogen) atoms. The number of aryl methyl sites for hydroxylation is 1. The van der Waals surface area contributed by atoms with Gasteiger partial charge in [-0.2, -0.15) is 0 Å². The van der Waals surface area contributed by atoms with E-state index in [4.69, 9.17) is 9.47 Å². The summed E-state index contributed by atoms with van der Waals surface area (Å²) < 4.78 is 11.8. The van der Waals surface area contributed by atoms with E-state index in [1.54, 1.807) is 0 Å². The Kier molecular flexibility index (Phi) is 6.55. The number of ether oxygens (including phenoxy) is 2. The first-order chi connectivity index (χ1) is 17.3. The first kappa shape index (κ1) is 22.7. The molecule has 2 fully saturated rings. The minimum atomic E-state index is 0.195. The average molecular weight is 476 g/mol. The topological polar surface area (TPSA) is 45.3 Å². The van der Waals surface area contributed by atoms with Crippen molar-refractivity contribution in [3.05, 3.63) is 48.0 Å². The molecule has 2 aromatic carbocycles.